The molecule has 0 amide bonds. The van der Waals surface area contributed by atoms with Gasteiger partial charge in [0, 0.05) is 0 Å². The van der Waals surface area contributed by atoms with Gasteiger partial charge in [-0.2, -0.15) is 0 Å². The van der Waals surface area contributed by atoms with E-state index in [1.165, 1.54) is 18.2 Å². The zero-order chi connectivity index (χ0) is 48.1. The second kappa shape index (κ2) is 10.7. The number of rotatable bonds is 3. The second-order valence-electron chi connectivity index (χ2n) is 11.3. The van der Waals surface area contributed by atoms with Gasteiger partial charge in [-0.05, 0) is 110 Å². The molecule has 222 valence electrons. The summed E-state index contributed by atoms with van der Waals surface area (Å²) in [5.41, 5.74) is -1.31. The predicted molar refractivity (Wildman–Crippen MR) is 208 cm³/mol. The first-order valence-electron chi connectivity index (χ1n) is 24.6. The Bertz CT molecular complexity index is 3970. The fraction of sp³-hybridized carbons (Fsp3) is 0. The van der Waals surface area contributed by atoms with E-state index < -0.39 is 129 Å². The third kappa shape index (κ3) is 4.10. The number of fused-ring (bicyclic) bond motifs is 7. The Morgan fingerprint density at radius 3 is 1.60 bits per heavy atom. The van der Waals surface area contributed by atoms with Crippen molar-refractivity contribution in [3.63, 3.8) is 0 Å². The molecular formula is C48H30. The van der Waals surface area contributed by atoms with Crippen LogP contribution in [0.2, 0.25) is 0 Å². The molecule has 0 heteroatoms. The summed E-state index contributed by atoms with van der Waals surface area (Å²) < 4.78 is 175. The van der Waals surface area contributed by atoms with Crippen LogP contribution in [0.25, 0.3) is 98.0 Å². The molecule has 0 radical (unpaired) electrons. The van der Waals surface area contributed by atoms with Crippen molar-refractivity contribution in [2.75, 3.05) is 0 Å². The van der Waals surface area contributed by atoms with Gasteiger partial charge in [0.15, 0.2) is 0 Å². The van der Waals surface area contributed by atoms with Gasteiger partial charge in [0.2, 0.25) is 0 Å². The normalized spacial score (nSPS) is 17.3. The van der Waals surface area contributed by atoms with Crippen LogP contribution in [0, 0.1) is 0 Å². The lowest BCUT2D eigenvalue weighted by Crippen LogP contribution is -1.93. The van der Waals surface area contributed by atoms with Crippen LogP contribution in [0.5, 0.6) is 0 Å². The molecule has 0 aromatic heterocycles. The molecule has 0 aliphatic carbocycles. The third-order valence-electron chi connectivity index (χ3n) is 8.66. The molecule has 0 nitrogen and oxygen atoms in total. The summed E-state index contributed by atoms with van der Waals surface area (Å²) in [7, 11) is 0. The molecule has 0 N–H and O–H groups in total. The maximum Gasteiger partial charge on any atom is 0.0636 e. The van der Waals surface area contributed by atoms with Crippen molar-refractivity contribution >= 4 is 64.6 Å². The third-order valence-corrected chi connectivity index (χ3v) is 8.66. The molecule has 0 heterocycles. The van der Waals surface area contributed by atoms with Crippen molar-refractivity contribution in [2.24, 2.45) is 0 Å². The summed E-state index contributed by atoms with van der Waals surface area (Å²) in [4.78, 5) is 0. The van der Waals surface area contributed by atoms with E-state index in [1.807, 2.05) is 0 Å². The van der Waals surface area contributed by atoms with Crippen LogP contribution in [0.4, 0.5) is 0 Å². The Balaban J connectivity index is 1.55. The lowest BCUT2D eigenvalue weighted by molar-refractivity contribution is 1.66. The van der Waals surface area contributed by atoms with Gasteiger partial charge in [-0.3, -0.25) is 0 Å². The smallest absolute Gasteiger partial charge is 0.0616 e. The minimum atomic E-state index is -0.816. The summed E-state index contributed by atoms with van der Waals surface area (Å²) in [5, 5.41) is -1.19. The van der Waals surface area contributed by atoms with Crippen LogP contribution in [-0.2, 0) is 0 Å². The molecular weight excluding hydrogens is 577 g/mol. The van der Waals surface area contributed by atoms with Gasteiger partial charge in [0.25, 0.3) is 0 Å². The van der Waals surface area contributed by atoms with Crippen LogP contribution in [0.15, 0.2) is 182 Å². The minimum absolute atomic E-state index is 0.00707. The van der Waals surface area contributed by atoms with Gasteiger partial charge < -0.3 is 0 Å². The first kappa shape index (κ1) is 14.3. The molecule has 0 fully saturated rings. The van der Waals surface area contributed by atoms with Crippen molar-refractivity contribution < 1.29 is 26.0 Å². The maximum absolute atomic E-state index is 10.3. The highest BCUT2D eigenvalue weighted by Gasteiger charge is 2.20. The Hall–Kier alpha value is -6.24. The van der Waals surface area contributed by atoms with Crippen LogP contribution in [0.3, 0.4) is 0 Å². The summed E-state index contributed by atoms with van der Waals surface area (Å²) >= 11 is 0. The highest BCUT2D eigenvalue weighted by atomic mass is 14.2. The average Bonchev–Trinajstić information content (AvgIpc) is 3.30. The largest absolute Gasteiger partial charge is 0.0636 e. The van der Waals surface area contributed by atoms with E-state index in [0.717, 1.165) is 0 Å². The first-order chi connectivity index (χ1) is 31.7. The van der Waals surface area contributed by atoms with E-state index >= 15 is 0 Å². The molecule has 0 saturated heterocycles. The van der Waals surface area contributed by atoms with Crippen LogP contribution >= 0.6 is 0 Å². The van der Waals surface area contributed by atoms with Crippen molar-refractivity contribution in [3.05, 3.63) is 182 Å². The molecule has 0 aliphatic rings. The summed E-state index contributed by atoms with van der Waals surface area (Å²) in [6.07, 6.45) is 0. The highest BCUT2D eigenvalue weighted by Crippen LogP contribution is 2.47. The van der Waals surface area contributed by atoms with Crippen LogP contribution < -0.4 is 0 Å². The molecule has 0 saturated carbocycles. The monoisotopic (exact) mass is 625 g/mol. The summed E-state index contributed by atoms with van der Waals surface area (Å²) in [5.74, 6) is 0. The maximum atomic E-state index is 10.3. The van der Waals surface area contributed by atoms with E-state index in [9.17, 15) is 12.3 Å². The number of hydrogen-bond acceptors (Lipinski definition) is 0. The van der Waals surface area contributed by atoms with E-state index in [0.29, 0.717) is 16.2 Å². The molecule has 10 aromatic carbocycles. The van der Waals surface area contributed by atoms with Gasteiger partial charge in [0.05, 0.1) is 26.0 Å². The van der Waals surface area contributed by atoms with E-state index in [1.54, 1.807) is 48.5 Å². The second-order valence-corrected chi connectivity index (χ2v) is 11.3. The van der Waals surface area contributed by atoms with Crippen molar-refractivity contribution in [1.29, 1.82) is 0 Å². The summed E-state index contributed by atoms with van der Waals surface area (Å²) in [6.45, 7) is 0. The zero-order valence-electron chi connectivity index (χ0n) is 43.9. The molecule has 0 spiro atoms. The number of benzene rings is 10. The molecule has 10 rings (SSSR count). The Kier molecular flexibility index (Phi) is 3.17. The molecule has 0 aliphatic heterocycles. The molecule has 0 atom stereocenters. The van der Waals surface area contributed by atoms with Gasteiger partial charge in [-0.1, -0.05) is 169 Å². The van der Waals surface area contributed by atoms with E-state index in [2.05, 4.69) is 0 Å². The average molecular weight is 626 g/mol. The molecule has 10 aromatic rings. The van der Waals surface area contributed by atoms with Crippen LogP contribution in [0.1, 0.15) is 26.0 Å². The SMILES string of the molecule is [2H]c1ccc2cccc([2H])c2c1-c1c2c([2H])c([2H])c([2H])c([2H])c2c(-c2cccc3cccc([2H])c23)c2c([2H])c([2H])c(-c3c([2H])c([2H])c4c([2H])c([2H])c5c([2H])c([2H])c([2H])c([2H])c5c4c3[2H])c([2H])c12. The molecule has 48 heavy (non-hydrogen) atoms. The fourth-order valence-electron chi connectivity index (χ4n) is 6.55. The van der Waals surface area contributed by atoms with E-state index in [4.69, 9.17) is 13.7 Å². The van der Waals surface area contributed by atoms with Gasteiger partial charge in [-0.15, -0.1) is 0 Å². The molecule has 0 unspecified atom stereocenters. The van der Waals surface area contributed by atoms with Crippen LogP contribution in [-0.4, -0.2) is 0 Å². The summed E-state index contributed by atoms with van der Waals surface area (Å²) in [6, 6.07) is 6.06. The lowest BCUT2D eigenvalue weighted by Gasteiger charge is -2.20. The zero-order valence-corrected chi connectivity index (χ0v) is 24.9. The lowest BCUT2D eigenvalue weighted by atomic mass is 9.83. The van der Waals surface area contributed by atoms with Gasteiger partial charge in [0.1, 0.15) is 0 Å². The standard InChI is InChI=1S/C48H30/c1-4-16-37-31(11-1)14-9-21-40(37)47-42-19-7-8-20-43(42)48(41-22-10-15-32-12-2-5-17-38(32)41)46-30-36(27-28-44(46)47)35-26-25-34-24-23-33-13-3-6-18-39(33)45(34)29-35/h1-30H/i3D,6D,7D,8D,13D,16D,17D,18D,19D,20D,22D,23D,24D,25D,26D,27D,28D,29D,30D. The minimum Gasteiger partial charge on any atom is -0.0616 e. The fourth-order valence-corrected chi connectivity index (χ4v) is 6.55. The Labute approximate surface area is 305 Å². The molecule has 0 bridgehead atoms. The van der Waals surface area contributed by atoms with Crippen molar-refractivity contribution in [1.82, 2.24) is 0 Å². The van der Waals surface area contributed by atoms with E-state index in [-0.39, 0.29) is 67.3 Å². The Morgan fingerprint density at radius 1 is 0.292 bits per heavy atom. The first-order valence-corrected chi connectivity index (χ1v) is 15.1. The topological polar surface area (TPSA) is 0 Å². The van der Waals surface area contributed by atoms with Crippen molar-refractivity contribution in [3.8, 4) is 33.4 Å². The number of hydrogen-bond donors (Lipinski definition) is 0. The van der Waals surface area contributed by atoms with Gasteiger partial charge >= 0.3 is 0 Å². The quantitative estimate of drug-likeness (QED) is 0.135. The van der Waals surface area contributed by atoms with Gasteiger partial charge in [-0.25, -0.2) is 0 Å². The predicted octanol–water partition coefficient (Wildman–Crippen LogP) is 13.6. The van der Waals surface area contributed by atoms with Crippen molar-refractivity contribution in [2.45, 2.75) is 0 Å². The highest BCUT2D eigenvalue weighted by molar-refractivity contribution is 6.25. The Morgan fingerprint density at radius 2 is 0.833 bits per heavy atom.